The highest BCUT2D eigenvalue weighted by Crippen LogP contribution is 2.32. The van der Waals surface area contributed by atoms with E-state index in [-0.39, 0.29) is 23.1 Å². The number of benzene rings is 1. The van der Waals surface area contributed by atoms with Gasteiger partial charge in [-0.3, -0.25) is 9.93 Å². The van der Waals surface area contributed by atoms with E-state index in [1.807, 2.05) is 18.2 Å². The average Bonchev–Trinajstić information content (AvgIpc) is 3.34. The van der Waals surface area contributed by atoms with E-state index in [2.05, 4.69) is 15.3 Å². The molecule has 3 aromatic rings. The SMILES string of the molecule is NSOCC1CC(F)C(Nc2ncncc2C(=O)c2cc(Cl)n(Cc3cccc(Cl)c3)c2)C1. The van der Waals surface area contributed by atoms with E-state index in [9.17, 15) is 9.18 Å². The lowest BCUT2D eigenvalue weighted by Crippen LogP contribution is -2.27. The predicted molar refractivity (Wildman–Crippen MR) is 128 cm³/mol. The first kappa shape index (κ1) is 24.0. The standard InChI is InChI=1S/C22H22Cl2FN5O2S/c23-16-3-1-2-13(4-16)9-30-10-15(7-20(30)24)21(31)17-8-27-12-28-22(17)29-19-6-14(5-18(19)25)11-32-33-26/h1-4,7-8,10,12,14,18-19H,5-6,9,11,26H2,(H,27,28,29). The van der Waals surface area contributed by atoms with E-state index in [4.69, 9.17) is 32.5 Å². The van der Waals surface area contributed by atoms with Crippen molar-refractivity contribution >= 4 is 47.0 Å². The molecule has 2 aromatic heterocycles. The molecule has 4 rings (SSSR count). The molecular weight excluding hydrogens is 488 g/mol. The van der Waals surface area contributed by atoms with Gasteiger partial charge in [-0.2, -0.15) is 0 Å². The number of nitrogens with two attached hydrogens (primary N) is 1. The van der Waals surface area contributed by atoms with Crippen LogP contribution in [0.3, 0.4) is 0 Å². The highest BCUT2D eigenvalue weighted by Gasteiger charge is 2.35. The average molecular weight is 510 g/mol. The van der Waals surface area contributed by atoms with Crippen molar-refractivity contribution in [1.82, 2.24) is 14.5 Å². The number of alkyl halides is 1. The molecule has 1 aliphatic carbocycles. The van der Waals surface area contributed by atoms with Gasteiger partial charge in [0.1, 0.15) is 23.5 Å². The summed E-state index contributed by atoms with van der Waals surface area (Å²) in [5, 5.41) is 9.40. The molecule has 0 aliphatic heterocycles. The minimum Gasteiger partial charge on any atom is -0.364 e. The van der Waals surface area contributed by atoms with Crippen molar-refractivity contribution in [3.05, 3.63) is 75.9 Å². The van der Waals surface area contributed by atoms with Gasteiger partial charge in [-0.1, -0.05) is 35.3 Å². The molecule has 3 unspecified atom stereocenters. The van der Waals surface area contributed by atoms with Crippen LogP contribution in [0.15, 0.2) is 49.1 Å². The maximum Gasteiger partial charge on any atom is 0.199 e. The second-order valence-electron chi connectivity index (χ2n) is 7.91. The Labute approximate surface area is 205 Å². The van der Waals surface area contributed by atoms with E-state index in [1.54, 1.807) is 22.9 Å². The first-order valence-corrected chi connectivity index (χ1v) is 11.8. The van der Waals surface area contributed by atoms with Gasteiger partial charge in [-0.05, 0) is 42.5 Å². The highest BCUT2D eigenvalue weighted by molar-refractivity contribution is 7.92. The lowest BCUT2D eigenvalue weighted by molar-refractivity contribution is 0.103. The Balaban J connectivity index is 1.51. The third-order valence-corrected chi connectivity index (χ3v) is 6.41. The molecule has 0 saturated heterocycles. The molecule has 0 bridgehead atoms. The van der Waals surface area contributed by atoms with Gasteiger partial charge in [-0.25, -0.2) is 14.4 Å². The summed E-state index contributed by atoms with van der Waals surface area (Å²) in [6.07, 6.45) is 4.23. The van der Waals surface area contributed by atoms with Gasteiger partial charge >= 0.3 is 0 Å². The van der Waals surface area contributed by atoms with Crippen LogP contribution in [0.1, 0.15) is 34.3 Å². The number of nitrogens with one attached hydrogen (secondary N) is 1. The van der Waals surface area contributed by atoms with Crippen LogP contribution in [0, 0.1) is 5.92 Å². The first-order chi connectivity index (χ1) is 15.9. The molecule has 7 nitrogen and oxygen atoms in total. The van der Waals surface area contributed by atoms with Gasteiger partial charge in [0.25, 0.3) is 0 Å². The fraction of sp³-hybridized carbons (Fsp3) is 0.318. The summed E-state index contributed by atoms with van der Waals surface area (Å²) >= 11 is 13.2. The van der Waals surface area contributed by atoms with E-state index >= 15 is 0 Å². The Kier molecular flexibility index (Phi) is 7.87. The highest BCUT2D eigenvalue weighted by atomic mass is 35.5. The van der Waals surface area contributed by atoms with Crippen LogP contribution < -0.4 is 10.5 Å². The third kappa shape index (κ3) is 5.85. The molecule has 3 atom stereocenters. The topological polar surface area (TPSA) is 95.1 Å². The van der Waals surface area contributed by atoms with Crippen molar-refractivity contribution < 1.29 is 13.4 Å². The van der Waals surface area contributed by atoms with E-state index in [1.165, 1.54) is 12.5 Å². The monoisotopic (exact) mass is 509 g/mol. The minimum absolute atomic E-state index is 0.0360. The van der Waals surface area contributed by atoms with Crippen molar-refractivity contribution in [3.63, 3.8) is 0 Å². The van der Waals surface area contributed by atoms with Gasteiger partial charge in [0.15, 0.2) is 5.78 Å². The van der Waals surface area contributed by atoms with Crippen LogP contribution >= 0.6 is 35.4 Å². The number of hydrogen-bond donors (Lipinski definition) is 2. The summed E-state index contributed by atoms with van der Waals surface area (Å²) in [6, 6.07) is 8.52. The molecule has 0 spiro atoms. The van der Waals surface area contributed by atoms with Crippen LogP contribution in [0.5, 0.6) is 0 Å². The number of nitrogens with zero attached hydrogens (tertiary/aromatic N) is 3. The first-order valence-electron chi connectivity index (χ1n) is 10.3. The summed E-state index contributed by atoms with van der Waals surface area (Å²) < 4.78 is 21.5. The van der Waals surface area contributed by atoms with Gasteiger partial charge in [-0.15, -0.1) is 0 Å². The number of halogens is 3. The smallest absolute Gasteiger partial charge is 0.199 e. The molecule has 3 N–H and O–H groups in total. The maximum atomic E-state index is 14.6. The quantitative estimate of drug-likeness (QED) is 0.239. The number of ketones is 1. The van der Waals surface area contributed by atoms with Gasteiger partial charge < -0.3 is 14.1 Å². The second kappa shape index (κ2) is 10.8. The number of carbonyl (C=O) groups excluding carboxylic acids is 1. The zero-order chi connectivity index (χ0) is 23.4. The van der Waals surface area contributed by atoms with Gasteiger partial charge in [0.2, 0.25) is 0 Å². The fourth-order valence-electron chi connectivity index (χ4n) is 4.00. The largest absolute Gasteiger partial charge is 0.364 e. The summed E-state index contributed by atoms with van der Waals surface area (Å²) in [5.74, 6) is 0.0164. The Hall–Kier alpha value is -2.17. The summed E-state index contributed by atoms with van der Waals surface area (Å²) in [5.41, 5.74) is 1.58. The minimum atomic E-state index is -1.09. The summed E-state index contributed by atoms with van der Waals surface area (Å²) in [7, 11) is 0. The number of anilines is 1. The van der Waals surface area contributed by atoms with Crippen molar-refractivity contribution in [3.8, 4) is 0 Å². The van der Waals surface area contributed by atoms with Crippen molar-refractivity contribution in [2.24, 2.45) is 11.1 Å². The molecule has 33 heavy (non-hydrogen) atoms. The number of rotatable bonds is 9. The van der Waals surface area contributed by atoms with E-state index in [0.29, 0.717) is 41.7 Å². The Bertz CT molecular complexity index is 1130. The zero-order valence-corrected chi connectivity index (χ0v) is 19.8. The summed E-state index contributed by atoms with van der Waals surface area (Å²) in [4.78, 5) is 21.4. The second-order valence-corrected chi connectivity index (χ2v) is 9.16. The number of carbonyl (C=O) groups is 1. The molecule has 1 aromatic carbocycles. The molecule has 1 saturated carbocycles. The van der Waals surface area contributed by atoms with E-state index < -0.39 is 12.2 Å². The van der Waals surface area contributed by atoms with E-state index in [0.717, 1.165) is 17.8 Å². The lowest BCUT2D eigenvalue weighted by atomic mass is 10.1. The van der Waals surface area contributed by atoms with Gasteiger partial charge in [0, 0.05) is 29.5 Å². The van der Waals surface area contributed by atoms with Crippen LogP contribution in [0.25, 0.3) is 0 Å². The third-order valence-electron chi connectivity index (χ3n) is 5.58. The number of aromatic nitrogens is 3. The Morgan fingerprint density at radius 2 is 2.18 bits per heavy atom. The van der Waals surface area contributed by atoms with Gasteiger partial charge in [0.05, 0.1) is 30.4 Å². The molecular formula is C22H22Cl2FN5O2S. The molecule has 1 aliphatic rings. The van der Waals surface area contributed by atoms with Crippen molar-refractivity contribution in [2.45, 2.75) is 31.6 Å². The van der Waals surface area contributed by atoms with Crippen LogP contribution in [-0.4, -0.2) is 39.1 Å². The van der Waals surface area contributed by atoms with Crippen molar-refractivity contribution in [1.29, 1.82) is 0 Å². The van der Waals surface area contributed by atoms with Crippen LogP contribution in [-0.2, 0) is 10.7 Å². The van der Waals surface area contributed by atoms with Crippen LogP contribution in [0.2, 0.25) is 10.2 Å². The Morgan fingerprint density at radius 1 is 1.33 bits per heavy atom. The molecule has 1 fully saturated rings. The normalized spacial score (nSPS) is 20.2. The molecule has 0 radical (unpaired) electrons. The molecule has 174 valence electrons. The lowest BCUT2D eigenvalue weighted by Gasteiger charge is -2.17. The zero-order valence-electron chi connectivity index (χ0n) is 17.5. The van der Waals surface area contributed by atoms with Crippen LogP contribution in [0.4, 0.5) is 10.2 Å². The fourth-order valence-corrected chi connectivity index (χ4v) is 4.71. The predicted octanol–water partition coefficient (Wildman–Crippen LogP) is 4.93. The summed E-state index contributed by atoms with van der Waals surface area (Å²) in [6.45, 7) is 0.827. The number of hydrogen-bond acceptors (Lipinski definition) is 7. The molecule has 0 amide bonds. The van der Waals surface area contributed by atoms with Crippen molar-refractivity contribution in [2.75, 3.05) is 11.9 Å². The Morgan fingerprint density at radius 3 is 2.97 bits per heavy atom. The maximum absolute atomic E-state index is 14.6. The molecule has 11 heteroatoms. The molecule has 2 heterocycles.